The summed E-state index contributed by atoms with van der Waals surface area (Å²) >= 11 is 0. The zero-order valence-electron chi connectivity index (χ0n) is 15.3. The average Bonchev–Trinajstić information content (AvgIpc) is 3.15. The molecule has 3 rings (SSSR count). The third-order valence-electron chi connectivity index (χ3n) is 3.76. The van der Waals surface area contributed by atoms with Crippen molar-refractivity contribution in [2.24, 2.45) is 0 Å². The van der Waals surface area contributed by atoms with Crippen LogP contribution in [-0.4, -0.2) is 41.0 Å². The number of nitro groups is 1. The Morgan fingerprint density at radius 2 is 1.69 bits per heavy atom. The number of fused-ring (bicyclic) bond motifs is 1. The first-order chi connectivity index (χ1) is 13.8. The number of carboxylic acids is 2. The number of nitro benzene ring substituents is 1. The Morgan fingerprint density at radius 3 is 2.21 bits per heavy atom. The summed E-state index contributed by atoms with van der Waals surface area (Å²) in [5.41, 5.74) is 1.65. The molecular weight excluding hydrogens is 388 g/mol. The molecule has 11 heteroatoms. The van der Waals surface area contributed by atoms with E-state index in [-0.39, 0.29) is 12.5 Å². The summed E-state index contributed by atoms with van der Waals surface area (Å²) in [7, 11) is 1.62. The van der Waals surface area contributed by atoms with Crippen molar-refractivity contribution in [1.82, 2.24) is 5.32 Å². The van der Waals surface area contributed by atoms with Gasteiger partial charge in [0, 0.05) is 18.7 Å². The molecule has 0 fully saturated rings. The Balaban J connectivity index is 0.000000438. The van der Waals surface area contributed by atoms with Gasteiger partial charge in [-0.1, -0.05) is 12.1 Å². The van der Waals surface area contributed by atoms with E-state index in [0.717, 1.165) is 11.3 Å². The van der Waals surface area contributed by atoms with Gasteiger partial charge in [-0.15, -0.1) is 0 Å². The van der Waals surface area contributed by atoms with Crippen LogP contribution in [0.1, 0.15) is 11.1 Å². The molecule has 1 heterocycles. The maximum absolute atomic E-state index is 11.2. The molecule has 1 aliphatic rings. The minimum Gasteiger partial charge on any atom is -0.497 e. The van der Waals surface area contributed by atoms with Crippen molar-refractivity contribution >= 4 is 17.6 Å². The lowest BCUT2D eigenvalue weighted by molar-refractivity contribution is -0.385. The fourth-order valence-corrected chi connectivity index (χ4v) is 2.37. The molecule has 0 bridgehead atoms. The van der Waals surface area contributed by atoms with Crippen LogP contribution in [0.3, 0.4) is 0 Å². The smallest absolute Gasteiger partial charge is 0.414 e. The van der Waals surface area contributed by atoms with Crippen molar-refractivity contribution in [1.29, 1.82) is 0 Å². The largest absolute Gasteiger partial charge is 0.497 e. The van der Waals surface area contributed by atoms with Crippen molar-refractivity contribution in [3.63, 3.8) is 0 Å². The number of rotatable bonds is 6. The predicted molar refractivity (Wildman–Crippen MR) is 98.0 cm³/mol. The number of aliphatic carboxylic acids is 2. The van der Waals surface area contributed by atoms with Crippen molar-refractivity contribution in [3.05, 3.63) is 57.6 Å². The topological polar surface area (TPSA) is 157 Å². The second-order valence-electron chi connectivity index (χ2n) is 5.65. The van der Waals surface area contributed by atoms with Crippen molar-refractivity contribution in [2.45, 2.75) is 13.1 Å². The molecule has 0 aliphatic carbocycles. The zero-order valence-corrected chi connectivity index (χ0v) is 15.3. The van der Waals surface area contributed by atoms with Gasteiger partial charge in [-0.25, -0.2) is 9.59 Å². The molecule has 0 aromatic heterocycles. The van der Waals surface area contributed by atoms with E-state index in [2.05, 4.69) is 5.32 Å². The fraction of sp³-hybridized carbons (Fsp3) is 0.222. The molecular formula is C18H18N2O9. The molecule has 0 atom stereocenters. The number of benzene rings is 2. The Hall–Kier alpha value is -3.86. The van der Waals surface area contributed by atoms with Crippen molar-refractivity contribution < 1.29 is 38.9 Å². The van der Waals surface area contributed by atoms with E-state index in [0.29, 0.717) is 30.2 Å². The first kappa shape index (κ1) is 21.4. The molecule has 11 nitrogen and oxygen atoms in total. The Bertz CT molecular complexity index is 885. The second kappa shape index (κ2) is 9.90. The Labute approximate surface area is 164 Å². The summed E-state index contributed by atoms with van der Waals surface area (Å²) in [4.78, 5) is 29.0. The van der Waals surface area contributed by atoms with Crippen LogP contribution in [0.25, 0.3) is 0 Å². The number of carboxylic acid groups (broad SMARTS) is 2. The van der Waals surface area contributed by atoms with Gasteiger partial charge in [0.2, 0.25) is 6.79 Å². The number of hydrogen-bond donors (Lipinski definition) is 3. The SMILES string of the molecule is COc1ccc(CNCc2cc3c(cc2[N+](=O)[O-])OCO3)cc1.O=C(O)C(=O)O. The summed E-state index contributed by atoms with van der Waals surface area (Å²) in [6, 6.07) is 10.7. The van der Waals surface area contributed by atoms with Gasteiger partial charge >= 0.3 is 11.9 Å². The number of carbonyl (C=O) groups is 2. The highest BCUT2D eigenvalue weighted by Crippen LogP contribution is 2.37. The summed E-state index contributed by atoms with van der Waals surface area (Å²) in [5, 5.41) is 29.2. The summed E-state index contributed by atoms with van der Waals surface area (Å²) < 4.78 is 15.6. The van der Waals surface area contributed by atoms with Crippen LogP contribution in [0.2, 0.25) is 0 Å². The lowest BCUT2D eigenvalue weighted by Crippen LogP contribution is -2.13. The molecule has 29 heavy (non-hydrogen) atoms. The van der Waals surface area contributed by atoms with E-state index in [1.807, 2.05) is 24.3 Å². The summed E-state index contributed by atoms with van der Waals surface area (Å²) in [5.74, 6) is -1.90. The second-order valence-corrected chi connectivity index (χ2v) is 5.65. The van der Waals surface area contributed by atoms with Crippen LogP contribution in [0.15, 0.2) is 36.4 Å². The van der Waals surface area contributed by atoms with Gasteiger partial charge in [-0.05, 0) is 23.8 Å². The molecule has 0 saturated heterocycles. The molecule has 0 amide bonds. The van der Waals surface area contributed by atoms with Crippen LogP contribution in [0, 0.1) is 10.1 Å². The standard InChI is InChI=1S/C16H16N2O5.C2H2O4/c1-21-13-4-2-11(3-5-13)8-17-9-12-6-15-16(23-10-22-15)7-14(12)18(19)20;3-1(4)2(5)6/h2-7,17H,8-10H2,1H3;(H,3,4)(H,5,6). The molecule has 1 aliphatic heterocycles. The van der Waals surface area contributed by atoms with Crippen molar-refractivity contribution in [2.75, 3.05) is 13.9 Å². The number of nitrogens with one attached hydrogen (secondary N) is 1. The van der Waals surface area contributed by atoms with Gasteiger partial charge in [-0.3, -0.25) is 10.1 Å². The molecule has 154 valence electrons. The Kier molecular flexibility index (Phi) is 7.32. The minimum atomic E-state index is -1.82. The maximum atomic E-state index is 11.2. The van der Waals surface area contributed by atoms with E-state index in [9.17, 15) is 10.1 Å². The fourth-order valence-electron chi connectivity index (χ4n) is 2.37. The maximum Gasteiger partial charge on any atom is 0.414 e. The normalized spacial score (nSPS) is 11.2. The van der Waals surface area contributed by atoms with Gasteiger partial charge in [-0.2, -0.15) is 0 Å². The van der Waals surface area contributed by atoms with Crippen LogP contribution < -0.4 is 19.5 Å². The predicted octanol–water partition coefficient (Wildman–Crippen LogP) is 1.78. The molecule has 0 radical (unpaired) electrons. The molecule has 0 unspecified atom stereocenters. The molecule has 0 saturated carbocycles. The third-order valence-corrected chi connectivity index (χ3v) is 3.76. The first-order valence-electron chi connectivity index (χ1n) is 8.18. The van der Waals surface area contributed by atoms with Gasteiger partial charge in [0.15, 0.2) is 11.5 Å². The van der Waals surface area contributed by atoms with E-state index >= 15 is 0 Å². The van der Waals surface area contributed by atoms with E-state index in [1.165, 1.54) is 6.07 Å². The highest BCUT2D eigenvalue weighted by atomic mass is 16.7. The third kappa shape index (κ3) is 6.07. The summed E-state index contributed by atoms with van der Waals surface area (Å²) in [6.07, 6.45) is 0. The highest BCUT2D eigenvalue weighted by Gasteiger charge is 2.22. The minimum absolute atomic E-state index is 0.0245. The van der Waals surface area contributed by atoms with Gasteiger partial charge in [0.25, 0.3) is 5.69 Å². The number of hydrogen-bond acceptors (Lipinski definition) is 8. The van der Waals surface area contributed by atoms with E-state index in [1.54, 1.807) is 13.2 Å². The summed E-state index contributed by atoms with van der Waals surface area (Å²) in [6.45, 7) is 1.05. The molecule has 2 aromatic rings. The van der Waals surface area contributed by atoms with E-state index < -0.39 is 16.9 Å². The number of nitrogens with zero attached hydrogens (tertiary/aromatic N) is 1. The molecule has 2 aromatic carbocycles. The highest BCUT2D eigenvalue weighted by molar-refractivity contribution is 6.27. The zero-order chi connectivity index (χ0) is 21.4. The molecule has 3 N–H and O–H groups in total. The van der Waals surface area contributed by atoms with Gasteiger partial charge in [0.1, 0.15) is 5.75 Å². The quantitative estimate of drug-likeness (QED) is 0.367. The lowest BCUT2D eigenvalue weighted by atomic mass is 10.1. The Morgan fingerprint density at radius 1 is 1.10 bits per heavy atom. The van der Waals surface area contributed by atoms with Crippen LogP contribution in [-0.2, 0) is 22.7 Å². The van der Waals surface area contributed by atoms with Crippen LogP contribution in [0.5, 0.6) is 17.2 Å². The number of methoxy groups -OCH3 is 1. The van der Waals surface area contributed by atoms with Crippen LogP contribution >= 0.6 is 0 Å². The monoisotopic (exact) mass is 406 g/mol. The van der Waals surface area contributed by atoms with E-state index in [4.69, 9.17) is 34.0 Å². The lowest BCUT2D eigenvalue weighted by Gasteiger charge is -2.08. The molecule has 0 spiro atoms. The van der Waals surface area contributed by atoms with Gasteiger partial charge < -0.3 is 29.7 Å². The van der Waals surface area contributed by atoms with Crippen LogP contribution in [0.4, 0.5) is 5.69 Å². The number of ether oxygens (including phenoxy) is 3. The first-order valence-corrected chi connectivity index (χ1v) is 8.18. The van der Waals surface area contributed by atoms with Crippen molar-refractivity contribution in [3.8, 4) is 17.2 Å². The average molecular weight is 406 g/mol. The van der Waals surface area contributed by atoms with Gasteiger partial charge in [0.05, 0.1) is 18.1 Å².